The van der Waals surface area contributed by atoms with Gasteiger partial charge in [-0.05, 0) is 49.6 Å². The van der Waals surface area contributed by atoms with Crippen LogP contribution in [-0.2, 0) is 17.6 Å². The molecule has 0 saturated heterocycles. The largest absolute Gasteiger partial charge is 0.328 e. The van der Waals surface area contributed by atoms with Crippen LogP contribution in [0.4, 0.5) is 5.69 Å². The minimum absolute atomic E-state index is 0.155. The Morgan fingerprint density at radius 1 is 1.21 bits per heavy atom. The Balaban J connectivity index is 1.57. The molecule has 1 amide bonds. The number of anilines is 1. The van der Waals surface area contributed by atoms with Crippen molar-refractivity contribution in [2.75, 3.05) is 11.4 Å². The van der Waals surface area contributed by atoms with Gasteiger partial charge in [0.1, 0.15) is 0 Å². The van der Waals surface area contributed by atoms with Crippen molar-refractivity contribution in [3.05, 3.63) is 59.9 Å². The summed E-state index contributed by atoms with van der Waals surface area (Å²) in [6.07, 6.45) is 3.23. The van der Waals surface area contributed by atoms with E-state index in [1.54, 1.807) is 0 Å². The van der Waals surface area contributed by atoms with E-state index < -0.39 is 0 Å². The highest BCUT2D eigenvalue weighted by atomic mass is 16.2. The number of rotatable bonds is 3. The molecule has 4 nitrogen and oxygen atoms in total. The van der Waals surface area contributed by atoms with Crippen molar-refractivity contribution in [2.45, 2.75) is 32.7 Å². The van der Waals surface area contributed by atoms with E-state index in [-0.39, 0.29) is 5.91 Å². The van der Waals surface area contributed by atoms with Crippen LogP contribution in [0.1, 0.15) is 31.0 Å². The van der Waals surface area contributed by atoms with Crippen LogP contribution < -0.4 is 4.90 Å². The Kier molecular flexibility index (Phi) is 3.60. The van der Waals surface area contributed by atoms with Gasteiger partial charge in [0, 0.05) is 18.3 Å². The van der Waals surface area contributed by atoms with E-state index in [0.29, 0.717) is 12.5 Å². The molecule has 0 unspecified atom stereocenters. The van der Waals surface area contributed by atoms with E-state index >= 15 is 0 Å². The molecule has 1 aliphatic heterocycles. The molecule has 0 N–H and O–H groups in total. The van der Waals surface area contributed by atoms with E-state index in [2.05, 4.69) is 35.5 Å². The van der Waals surface area contributed by atoms with Crippen LogP contribution in [0.5, 0.6) is 0 Å². The lowest BCUT2D eigenvalue weighted by Gasteiger charge is -2.17. The molecule has 0 radical (unpaired) electrons. The highest BCUT2D eigenvalue weighted by molar-refractivity contribution is 5.97. The van der Waals surface area contributed by atoms with Gasteiger partial charge in [0.15, 0.2) is 0 Å². The number of carbonyl (C=O) groups is 1. The predicted molar refractivity (Wildman–Crippen MR) is 96.3 cm³/mol. The number of aromatic nitrogens is 2. The predicted octanol–water partition coefficient (Wildman–Crippen LogP) is 3.75. The normalized spacial score (nSPS) is 13.7. The Labute approximate surface area is 141 Å². The molecule has 4 rings (SSSR count). The first kappa shape index (κ1) is 14.9. The average molecular weight is 319 g/mol. The standard InChI is InChI=1S/C20H21N3O/c1-14(2)23-13-21-17-11-15(7-8-19(17)23)12-20(24)22-10-9-16-5-3-4-6-18(16)22/h3-8,11,13-14H,9-10,12H2,1-2H3. The summed E-state index contributed by atoms with van der Waals surface area (Å²) < 4.78 is 2.15. The summed E-state index contributed by atoms with van der Waals surface area (Å²) in [4.78, 5) is 19.1. The molecule has 1 aromatic heterocycles. The second-order valence-electron chi connectivity index (χ2n) is 6.67. The maximum absolute atomic E-state index is 12.7. The average Bonchev–Trinajstić information content (AvgIpc) is 3.18. The minimum atomic E-state index is 0.155. The van der Waals surface area contributed by atoms with Crippen LogP contribution in [0.2, 0.25) is 0 Å². The van der Waals surface area contributed by atoms with Gasteiger partial charge in [-0.25, -0.2) is 4.98 Å². The van der Waals surface area contributed by atoms with Gasteiger partial charge in [-0.15, -0.1) is 0 Å². The molecule has 0 fully saturated rings. The van der Waals surface area contributed by atoms with Crippen molar-refractivity contribution >= 4 is 22.6 Å². The molecule has 122 valence electrons. The van der Waals surface area contributed by atoms with Gasteiger partial charge >= 0.3 is 0 Å². The lowest BCUT2D eigenvalue weighted by Crippen LogP contribution is -2.30. The zero-order chi connectivity index (χ0) is 16.7. The number of imidazole rings is 1. The number of carbonyl (C=O) groups excluding carboxylic acids is 1. The second-order valence-corrected chi connectivity index (χ2v) is 6.67. The number of fused-ring (bicyclic) bond motifs is 2. The topological polar surface area (TPSA) is 38.1 Å². The Morgan fingerprint density at radius 2 is 2.04 bits per heavy atom. The number of hydrogen-bond acceptors (Lipinski definition) is 2. The number of nitrogens with zero attached hydrogens (tertiary/aromatic N) is 3. The van der Waals surface area contributed by atoms with E-state index in [1.807, 2.05) is 41.6 Å². The fraction of sp³-hybridized carbons (Fsp3) is 0.300. The highest BCUT2D eigenvalue weighted by Gasteiger charge is 2.24. The second kappa shape index (κ2) is 5.78. The van der Waals surface area contributed by atoms with E-state index in [4.69, 9.17) is 0 Å². The fourth-order valence-corrected chi connectivity index (χ4v) is 3.47. The van der Waals surface area contributed by atoms with Crippen LogP contribution in [0.3, 0.4) is 0 Å². The van der Waals surface area contributed by atoms with Crippen LogP contribution in [0.25, 0.3) is 11.0 Å². The van der Waals surface area contributed by atoms with Gasteiger partial charge < -0.3 is 9.47 Å². The van der Waals surface area contributed by atoms with Crippen molar-refractivity contribution in [3.8, 4) is 0 Å². The summed E-state index contributed by atoms with van der Waals surface area (Å²) in [5, 5.41) is 0. The molecule has 2 heterocycles. The monoisotopic (exact) mass is 319 g/mol. The lowest BCUT2D eigenvalue weighted by molar-refractivity contribution is -0.117. The number of para-hydroxylation sites is 1. The summed E-state index contributed by atoms with van der Waals surface area (Å²) >= 11 is 0. The quantitative estimate of drug-likeness (QED) is 0.737. The maximum Gasteiger partial charge on any atom is 0.231 e. The molecular weight excluding hydrogens is 298 g/mol. The van der Waals surface area contributed by atoms with Crippen molar-refractivity contribution in [1.29, 1.82) is 0 Å². The van der Waals surface area contributed by atoms with Crippen molar-refractivity contribution in [2.24, 2.45) is 0 Å². The zero-order valence-electron chi connectivity index (χ0n) is 14.1. The molecule has 0 spiro atoms. The van der Waals surface area contributed by atoms with Crippen LogP contribution >= 0.6 is 0 Å². The number of benzene rings is 2. The molecule has 4 heteroatoms. The summed E-state index contributed by atoms with van der Waals surface area (Å²) in [7, 11) is 0. The summed E-state index contributed by atoms with van der Waals surface area (Å²) in [5.41, 5.74) is 5.42. The Bertz CT molecular complexity index is 910. The van der Waals surface area contributed by atoms with Gasteiger partial charge in [-0.1, -0.05) is 24.3 Å². The number of amides is 1. The first-order chi connectivity index (χ1) is 11.6. The van der Waals surface area contributed by atoms with Crippen LogP contribution in [-0.4, -0.2) is 22.0 Å². The molecule has 3 aromatic rings. The first-order valence-electron chi connectivity index (χ1n) is 8.47. The molecular formula is C20H21N3O. The van der Waals surface area contributed by atoms with Crippen molar-refractivity contribution < 1.29 is 4.79 Å². The lowest BCUT2D eigenvalue weighted by atomic mass is 10.1. The zero-order valence-corrected chi connectivity index (χ0v) is 14.1. The third-order valence-corrected chi connectivity index (χ3v) is 4.74. The maximum atomic E-state index is 12.7. The molecule has 24 heavy (non-hydrogen) atoms. The first-order valence-corrected chi connectivity index (χ1v) is 8.47. The number of hydrogen-bond donors (Lipinski definition) is 0. The van der Waals surface area contributed by atoms with E-state index in [9.17, 15) is 4.79 Å². The SMILES string of the molecule is CC(C)n1cnc2cc(CC(=O)N3CCc4ccccc43)ccc21. The molecule has 0 saturated carbocycles. The molecule has 2 aromatic carbocycles. The third-order valence-electron chi connectivity index (χ3n) is 4.74. The van der Waals surface area contributed by atoms with Crippen LogP contribution in [0.15, 0.2) is 48.8 Å². The van der Waals surface area contributed by atoms with Gasteiger partial charge in [0.05, 0.1) is 23.8 Å². The van der Waals surface area contributed by atoms with Crippen molar-refractivity contribution in [3.63, 3.8) is 0 Å². The summed E-state index contributed by atoms with van der Waals surface area (Å²) in [6, 6.07) is 14.7. The Morgan fingerprint density at radius 3 is 2.88 bits per heavy atom. The Hall–Kier alpha value is -2.62. The molecule has 0 bridgehead atoms. The third kappa shape index (κ3) is 2.48. The highest BCUT2D eigenvalue weighted by Crippen LogP contribution is 2.28. The van der Waals surface area contributed by atoms with Crippen LogP contribution in [0, 0.1) is 0 Å². The van der Waals surface area contributed by atoms with Crippen molar-refractivity contribution in [1.82, 2.24) is 9.55 Å². The fourth-order valence-electron chi connectivity index (χ4n) is 3.47. The minimum Gasteiger partial charge on any atom is -0.328 e. The van der Waals surface area contributed by atoms with Gasteiger partial charge in [0.2, 0.25) is 5.91 Å². The summed E-state index contributed by atoms with van der Waals surface area (Å²) in [6.45, 7) is 5.06. The molecule has 0 atom stereocenters. The van der Waals surface area contributed by atoms with Gasteiger partial charge in [0.25, 0.3) is 0 Å². The molecule has 0 aliphatic carbocycles. The van der Waals surface area contributed by atoms with Gasteiger partial charge in [-0.2, -0.15) is 0 Å². The smallest absolute Gasteiger partial charge is 0.231 e. The summed E-state index contributed by atoms with van der Waals surface area (Å²) in [5.74, 6) is 0.155. The van der Waals surface area contributed by atoms with Gasteiger partial charge in [-0.3, -0.25) is 4.79 Å². The molecule has 1 aliphatic rings. The van der Waals surface area contributed by atoms with E-state index in [1.165, 1.54) is 5.56 Å². The van der Waals surface area contributed by atoms with E-state index in [0.717, 1.165) is 35.2 Å².